The minimum Gasteiger partial charge on any atom is -0.341 e. The summed E-state index contributed by atoms with van der Waals surface area (Å²) >= 11 is 0. The summed E-state index contributed by atoms with van der Waals surface area (Å²) in [6, 6.07) is 4.21. The van der Waals surface area contributed by atoms with E-state index in [1.54, 1.807) is 12.4 Å². The molecule has 7 nitrogen and oxygen atoms in total. The summed E-state index contributed by atoms with van der Waals surface area (Å²) in [7, 11) is 0. The third-order valence-electron chi connectivity index (χ3n) is 6.72. The van der Waals surface area contributed by atoms with Crippen LogP contribution in [-0.4, -0.2) is 55.8 Å². The molecule has 2 amide bonds. The van der Waals surface area contributed by atoms with Gasteiger partial charge in [-0.15, -0.1) is 0 Å². The van der Waals surface area contributed by atoms with Crippen molar-refractivity contribution in [3.8, 4) is 0 Å². The number of pyridine rings is 1. The molecule has 0 radical (unpaired) electrons. The molecule has 4 rings (SSSR count). The zero-order valence-corrected chi connectivity index (χ0v) is 19.0. The Balaban J connectivity index is 1.63. The second-order valence-electron chi connectivity index (χ2n) is 9.75. The summed E-state index contributed by atoms with van der Waals surface area (Å²) in [5.74, 6) is 0.512. The zero-order chi connectivity index (χ0) is 22.2. The fourth-order valence-electron chi connectivity index (χ4n) is 4.96. The first kappa shape index (κ1) is 21.5. The van der Waals surface area contributed by atoms with Crippen LogP contribution < -0.4 is 0 Å². The van der Waals surface area contributed by atoms with Crippen molar-refractivity contribution in [3.05, 3.63) is 48.3 Å². The normalized spacial score (nSPS) is 23.7. The molecule has 0 N–H and O–H groups in total. The number of amides is 2. The van der Waals surface area contributed by atoms with Gasteiger partial charge >= 0.3 is 0 Å². The van der Waals surface area contributed by atoms with E-state index < -0.39 is 5.41 Å². The average Bonchev–Trinajstić information content (AvgIpc) is 3.43. The van der Waals surface area contributed by atoms with Crippen LogP contribution in [0.1, 0.15) is 63.8 Å². The Kier molecular flexibility index (Phi) is 5.86. The van der Waals surface area contributed by atoms with Crippen LogP contribution in [0.4, 0.5) is 0 Å². The molecule has 1 spiro atoms. The number of hydrogen-bond acceptors (Lipinski definition) is 4. The van der Waals surface area contributed by atoms with Crippen LogP contribution in [0, 0.1) is 11.3 Å². The molecule has 7 heteroatoms. The third kappa shape index (κ3) is 4.10. The van der Waals surface area contributed by atoms with Gasteiger partial charge in [-0.25, -0.2) is 4.98 Å². The van der Waals surface area contributed by atoms with Crippen molar-refractivity contribution in [2.45, 2.75) is 59.0 Å². The van der Waals surface area contributed by atoms with E-state index in [1.165, 1.54) is 0 Å². The van der Waals surface area contributed by atoms with Gasteiger partial charge in [0.15, 0.2) is 0 Å². The maximum absolute atomic E-state index is 13.8. The number of imidazole rings is 1. The van der Waals surface area contributed by atoms with Crippen LogP contribution in [0.15, 0.2) is 37.1 Å². The van der Waals surface area contributed by atoms with Crippen LogP contribution in [-0.2, 0) is 16.1 Å². The molecule has 2 aromatic rings. The number of aromatic nitrogens is 3. The minimum absolute atomic E-state index is 0.0708. The second-order valence-corrected chi connectivity index (χ2v) is 9.75. The molecular weight excluding hydrogens is 390 g/mol. The predicted molar refractivity (Wildman–Crippen MR) is 118 cm³/mol. The van der Waals surface area contributed by atoms with Crippen molar-refractivity contribution >= 4 is 11.8 Å². The van der Waals surface area contributed by atoms with E-state index in [0.29, 0.717) is 44.6 Å². The number of rotatable bonds is 6. The van der Waals surface area contributed by atoms with Crippen molar-refractivity contribution in [3.63, 3.8) is 0 Å². The number of carbonyl (C=O) groups is 2. The monoisotopic (exact) mass is 423 g/mol. The predicted octanol–water partition coefficient (Wildman–Crippen LogP) is 3.25. The maximum Gasteiger partial charge on any atom is 0.231 e. The summed E-state index contributed by atoms with van der Waals surface area (Å²) in [6.45, 7) is 10.7. The van der Waals surface area contributed by atoms with Crippen molar-refractivity contribution in [2.24, 2.45) is 11.3 Å². The summed E-state index contributed by atoms with van der Waals surface area (Å²) in [6.07, 6.45) is 8.69. The van der Waals surface area contributed by atoms with E-state index in [0.717, 1.165) is 17.7 Å². The number of likely N-dealkylation sites (tertiary alicyclic amines) is 2. The molecule has 2 atom stereocenters. The van der Waals surface area contributed by atoms with E-state index in [1.807, 2.05) is 28.3 Å². The topological polar surface area (TPSA) is 71.3 Å². The van der Waals surface area contributed by atoms with Gasteiger partial charge in [-0.05, 0) is 43.9 Å². The van der Waals surface area contributed by atoms with Crippen LogP contribution in [0.5, 0.6) is 0 Å². The summed E-state index contributed by atoms with van der Waals surface area (Å²) in [5, 5.41) is 0. The Morgan fingerprint density at radius 3 is 2.61 bits per heavy atom. The molecule has 2 aliphatic heterocycles. The lowest BCUT2D eigenvalue weighted by Gasteiger charge is -2.28. The Hall–Kier alpha value is -2.70. The number of carbonyl (C=O) groups excluding carboxylic acids is 2. The molecule has 0 aromatic carbocycles. The van der Waals surface area contributed by atoms with Gasteiger partial charge in [-0.1, -0.05) is 13.8 Å². The van der Waals surface area contributed by atoms with Crippen LogP contribution in [0.25, 0.3) is 0 Å². The fourth-order valence-corrected chi connectivity index (χ4v) is 4.96. The lowest BCUT2D eigenvalue weighted by atomic mass is 9.75. The quantitative estimate of drug-likeness (QED) is 0.715. The molecule has 2 fully saturated rings. The van der Waals surface area contributed by atoms with Gasteiger partial charge in [0.05, 0.1) is 17.4 Å². The highest BCUT2D eigenvalue weighted by Gasteiger charge is 2.58. The van der Waals surface area contributed by atoms with Gasteiger partial charge in [0.2, 0.25) is 11.8 Å². The number of nitrogens with zero attached hydrogens (tertiary/aromatic N) is 5. The van der Waals surface area contributed by atoms with Crippen LogP contribution >= 0.6 is 0 Å². The van der Waals surface area contributed by atoms with Crippen LogP contribution in [0.2, 0.25) is 0 Å². The van der Waals surface area contributed by atoms with E-state index in [9.17, 15) is 9.59 Å². The van der Waals surface area contributed by atoms with E-state index in [-0.39, 0.29) is 17.7 Å². The summed E-state index contributed by atoms with van der Waals surface area (Å²) in [4.78, 5) is 39.3. The van der Waals surface area contributed by atoms with E-state index in [2.05, 4.69) is 48.4 Å². The molecule has 2 aromatic heterocycles. The van der Waals surface area contributed by atoms with Gasteiger partial charge < -0.3 is 14.4 Å². The zero-order valence-electron chi connectivity index (χ0n) is 19.0. The highest BCUT2D eigenvalue weighted by atomic mass is 16.2. The molecule has 0 aliphatic carbocycles. The summed E-state index contributed by atoms with van der Waals surface area (Å²) in [5.41, 5.74) is 1.41. The minimum atomic E-state index is -0.587. The first-order chi connectivity index (χ1) is 14.8. The first-order valence-corrected chi connectivity index (χ1v) is 11.3. The van der Waals surface area contributed by atoms with Gasteiger partial charge in [-0.2, -0.15) is 0 Å². The molecule has 0 unspecified atom stereocenters. The molecule has 166 valence electrons. The Bertz CT molecular complexity index is 938. The van der Waals surface area contributed by atoms with Crippen molar-refractivity contribution in [1.82, 2.24) is 24.3 Å². The SMILES string of the molecule is CC(C)CC(=O)N1C[C@@H](c2cn(C(C)C)cn2)[C@@]2(CCN(Cc3ccncc3)C2=O)C1. The summed E-state index contributed by atoms with van der Waals surface area (Å²) < 4.78 is 2.08. The Morgan fingerprint density at radius 2 is 1.97 bits per heavy atom. The Labute approximate surface area is 184 Å². The molecule has 0 bridgehead atoms. The largest absolute Gasteiger partial charge is 0.341 e. The lowest BCUT2D eigenvalue weighted by Crippen LogP contribution is -2.40. The van der Waals surface area contributed by atoms with Gasteiger partial charge in [-0.3, -0.25) is 14.6 Å². The van der Waals surface area contributed by atoms with Crippen molar-refractivity contribution < 1.29 is 9.59 Å². The first-order valence-electron chi connectivity index (χ1n) is 11.3. The van der Waals surface area contributed by atoms with E-state index >= 15 is 0 Å². The van der Waals surface area contributed by atoms with Crippen LogP contribution in [0.3, 0.4) is 0 Å². The highest BCUT2D eigenvalue weighted by Crippen LogP contribution is 2.50. The van der Waals surface area contributed by atoms with E-state index in [4.69, 9.17) is 0 Å². The number of hydrogen-bond donors (Lipinski definition) is 0. The van der Waals surface area contributed by atoms with Gasteiger partial charge in [0.1, 0.15) is 0 Å². The smallest absolute Gasteiger partial charge is 0.231 e. The molecule has 4 heterocycles. The molecule has 2 aliphatic rings. The molecule has 0 saturated carbocycles. The second kappa shape index (κ2) is 8.44. The van der Waals surface area contributed by atoms with Crippen molar-refractivity contribution in [1.29, 1.82) is 0 Å². The lowest BCUT2D eigenvalue weighted by molar-refractivity contribution is -0.137. The highest BCUT2D eigenvalue weighted by molar-refractivity contribution is 5.88. The molecular formula is C24H33N5O2. The maximum atomic E-state index is 13.8. The molecule has 2 saturated heterocycles. The Morgan fingerprint density at radius 1 is 1.23 bits per heavy atom. The van der Waals surface area contributed by atoms with Gasteiger partial charge in [0, 0.05) is 63.2 Å². The van der Waals surface area contributed by atoms with Crippen molar-refractivity contribution in [2.75, 3.05) is 19.6 Å². The third-order valence-corrected chi connectivity index (χ3v) is 6.72. The van der Waals surface area contributed by atoms with Gasteiger partial charge in [0.25, 0.3) is 0 Å². The average molecular weight is 424 g/mol. The molecule has 31 heavy (non-hydrogen) atoms. The fraction of sp³-hybridized carbons (Fsp3) is 0.583. The standard InChI is InChI=1S/C24H33N5O2/c1-17(2)11-22(30)28-13-20(21-14-29(16-26-21)18(3)4)24(15-28)7-10-27(23(24)31)12-19-5-8-25-9-6-19/h5-6,8-9,14,16-18,20H,7,10-13,15H2,1-4H3/t20-,24+/m0/s1.